The van der Waals surface area contributed by atoms with E-state index in [1.54, 1.807) is 24.5 Å². The zero-order chi connectivity index (χ0) is 25.4. The second-order valence-corrected chi connectivity index (χ2v) is 8.10. The molecule has 1 aliphatic rings. The third kappa shape index (κ3) is 4.28. The first-order valence-electron chi connectivity index (χ1n) is 10.3. The van der Waals surface area contributed by atoms with E-state index >= 15 is 0 Å². The van der Waals surface area contributed by atoms with E-state index in [-0.39, 0.29) is 22.1 Å². The summed E-state index contributed by atoms with van der Waals surface area (Å²) in [5.74, 6) is -1.55. The van der Waals surface area contributed by atoms with Crippen LogP contribution in [0.2, 0.25) is 0 Å². The van der Waals surface area contributed by atoms with Crippen molar-refractivity contribution in [3.05, 3.63) is 87.0 Å². The quantitative estimate of drug-likeness (QED) is 0.189. The number of nitro benzene ring substituents is 1. The number of amides is 2. The molecule has 1 fully saturated rings. The zero-order valence-corrected chi connectivity index (χ0v) is 19.7. The molecule has 35 heavy (non-hydrogen) atoms. The summed E-state index contributed by atoms with van der Waals surface area (Å²) < 4.78 is 20.9. The number of halogens is 1. The molecule has 2 aromatic carbocycles. The molecule has 2 amide bonds. The number of carbonyl (C=O) groups is 2. The van der Waals surface area contributed by atoms with Gasteiger partial charge in [0.05, 0.1) is 23.4 Å². The van der Waals surface area contributed by atoms with Gasteiger partial charge in [0.2, 0.25) is 0 Å². The Balaban J connectivity index is 1.81. The molecule has 0 spiro atoms. The second kappa shape index (κ2) is 9.11. The lowest BCUT2D eigenvalue weighted by molar-refractivity contribution is -0.384. The number of carbonyl (C=O) groups excluding carboxylic acids is 2. The van der Waals surface area contributed by atoms with Gasteiger partial charge in [0.15, 0.2) is 5.11 Å². The number of aryl methyl sites for hydroxylation is 1. The molecule has 11 heteroatoms. The van der Waals surface area contributed by atoms with Gasteiger partial charge in [-0.15, -0.1) is 0 Å². The van der Waals surface area contributed by atoms with Gasteiger partial charge in [-0.2, -0.15) is 0 Å². The number of benzene rings is 2. The number of methoxy groups -OCH3 is 1. The Kier molecular flexibility index (Phi) is 6.18. The standard InChI is InChI=1S/C24H19FN4O5S/c1-13-9-15(14(2)27(13)20-12-18(29(32)33)7-8-21(20)34-3)10-19-22(30)26-24(35)28(23(19)31)17-6-4-5-16(25)11-17/h4-12H,1-3H3,(H,26,30,35). The largest absolute Gasteiger partial charge is 0.495 e. The molecule has 1 N–H and O–H groups in total. The summed E-state index contributed by atoms with van der Waals surface area (Å²) in [6.45, 7) is 3.53. The van der Waals surface area contributed by atoms with E-state index in [1.165, 1.54) is 49.6 Å². The molecule has 0 unspecified atom stereocenters. The van der Waals surface area contributed by atoms with Gasteiger partial charge in [0.1, 0.15) is 17.1 Å². The van der Waals surface area contributed by atoms with E-state index in [0.29, 0.717) is 28.4 Å². The fourth-order valence-corrected chi connectivity index (χ4v) is 4.21. The Morgan fingerprint density at radius 1 is 1.14 bits per heavy atom. The van der Waals surface area contributed by atoms with E-state index in [2.05, 4.69) is 5.32 Å². The fraction of sp³-hybridized carbons (Fsp3) is 0.125. The van der Waals surface area contributed by atoms with Crippen molar-refractivity contribution in [2.45, 2.75) is 13.8 Å². The van der Waals surface area contributed by atoms with Crippen LogP contribution >= 0.6 is 12.2 Å². The topological polar surface area (TPSA) is 107 Å². The van der Waals surface area contributed by atoms with Crippen molar-refractivity contribution in [2.75, 3.05) is 12.0 Å². The van der Waals surface area contributed by atoms with Crippen molar-refractivity contribution < 1.29 is 23.6 Å². The van der Waals surface area contributed by atoms with Crippen LogP contribution in [0.3, 0.4) is 0 Å². The third-order valence-corrected chi connectivity index (χ3v) is 5.84. The molecule has 2 heterocycles. The normalized spacial score (nSPS) is 14.9. The van der Waals surface area contributed by atoms with Crippen molar-refractivity contribution in [1.82, 2.24) is 9.88 Å². The molecule has 1 saturated heterocycles. The molecule has 0 atom stereocenters. The molecular formula is C24H19FN4O5S. The first kappa shape index (κ1) is 23.8. The van der Waals surface area contributed by atoms with Crippen molar-refractivity contribution in [2.24, 2.45) is 0 Å². The summed E-state index contributed by atoms with van der Waals surface area (Å²) in [4.78, 5) is 37.8. The van der Waals surface area contributed by atoms with Crippen molar-refractivity contribution in [3.63, 3.8) is 0 Å². The van der Waals surface area contributed by atoms with Crippen LogP contribution in [0, 0.1) is 29.8 Å². The highest BCUT2D eigenvalue weighted by Crippen LogP contribution is 2.32. The summed E-state index contributed by atoms with van der Waals surface area (Å²) >= 11 is 5.15. The Labute approximate surface area is 204 Å². The van der Waals surface area contributed by atoms with E-state index in [9.17, 15) is 24.1 Å². The molecule has 0 radical (unpaired) electrons. The summed E-state index contributed by atoms with van der Waals surface area (Å²) in [6.07, 6.45) is 1.41. The smallest absolute Gasteiger partial charge is 0.271 e. The van der Waals surface area contributed by atoms with Gasteiger partial charge in [-0.05, 0) is 68.0 Å². The lowest BCUT2D eigenvalue weighted by Gasteiger charge is -2.28. The molecule has 3 aromatic rings. The lowest BCUT2D eigenvalue weighted by atomic mass is 10.1. The highest BCUT2D eigenvalue weighted by molar-refractivity contribution is 7.80. The number of non-ortho nitro benzene ring substituents is 1. The van der Waals surface area contributed by atoms with E-state index in [0.717, 1.165) is 11.0 Å². The van der Waals surface area contributed by atoms with Crippen molar-refractivity contribution >= 4 is 46.6 Å². The minimum atomic E-state index is -0.706. The van der Waals surface area contributed by atoms with Gasteiger partial charge in [-0.25, -0.2) is 4.39 Å². The molecular weight excluding hydrogens is 475 g/mol. The Hall–Kier alpha value is -4.38. The number of ether oxygens (including phenoxy) is 1. The first-order chi connectivity index (χ1) is 16.6. The maximum atomic E-state index is 13.8. The zero-order valence-electron chi connectivity index (χ0n) is 18.9. The number of hydrogen-bond donors (Lipinski definition) is 1. The van der Waals surface area contributed by atoms with Crippen molar-refractivity contribution in [3.8, 4) is 11.4 Å². The predicted molar refractivity (Wildman–Crippen MR) is 131 cm³/mol. The molecule has 0 saturated carbocycles. The minimum Gasteiger partial charge on any atom is -0.495 e. The van der Waals surface area contributed by atoms with Gasteiger partial charge >= 0.3 is 0 Å². The number of nitro groups is 1. The molecule has 4 rings (SSSR count). The average Bonchev–Trinajstić information content (AvgIpc) is 3.08. The van der Waals surface area contributed by atoms with Crippen LogP contribution in [0.4, 0.5) is 15.8 Å². The Bertz CT molecular complexity index is 1450. The number of thiocarbonyl (C=S) groups is 1. The molecule has 1 aliphatic heterocycles. The monoisotopic (exact) mass is 494 g/mol. The molecule has 0 bridgehead atoms. The number of rotatable bonds is 5. The maximum Gasteiger partial charge on any atom is 0.271 e. The SMILES string of the molecule is COc1ccc([N+](=O)[O-])cc1-n1c(C)cc(C=C2C(=O)NC(=S)N(c3cccc(F)c3)C2=O)c1C. The van der Waals surface area contributed by atoms with Crippen molar-refractivity contribution in [1.29, 1.82) is 0 Å². The number of nitrogens with one attached hydrogen (secondary N) is 1. The molecule has 178 valence electrons. The number of nitrogens with zero attached hydrogens (tertiary/aromatic N) is 3. The Morgan fingerprint density at radius 3 is 2.54 bits per heavy atom. The molecule has 0 aliphatic carbocycles. The minimum absolute atomic E-state index is 0.116. The average molecular weight is 495 g/mol. The van der Waals surface area contributed by atoms with Gasteiger partial charge in [0.25, 0.3) is 17.5 Å². The number of anilines is 1. The Morgan fingerprint density at radius 2 is 1.89 bits per heavy atom. The van der Waals surface area contributed by atoms with Crippen LogP contribution in [0.15, 0.2) is 54.1 Å². The van der Waals surface area contributed by atoms with Gasteiger partial charge in [-0.1, -0.05) is 6.07 Å². The summed E-state index contributed by atoms with van der Waals surface area (Å²) in [7, 11) is 1.46. The summed E-state index contributed by atoms with van der Waals surface area (Å²) in [5, 5.41) is 13.6. The van der Waals surface area contributed by atoms with Crippen LogP contribution < -0.4 is 15.0 Å². The molecule has 1 aromatic heterocycles. The van der Waals surface area contributed by atoms with Crippen LogP contribution in [-0.4, -0.2) is 33.5 Å². The fourth-order valence-electron chi connectivity index (χ4n) is 3.93. The highest BCUT2D eigenvalue weighted by Gasteiger charge is 2.35. The highest BCUT2D eigenvalue weighted by atomic mass is 32.1. The summed E-state index contributed by atoms with van der Waals surface area (Å²) in [5.41, 5.74) is 2.13. The van der Waals surface area contributed by atoms with E-state index in [4.69, 9.17) is 17.0 Å². The van der Waals surface area contributed by atoms with E-state index in [1.807, 2.05) is 0 Å². The number of hydrogen-bond acceptors (Lipinski definition) is 6. The lowest BCUT2D eigenvalue weighted by Crippen LogP contribution is -2.54. The first-order valence-corrected chi connectivity index (χ1v) is 10.7. The van der Waals surface area contributed by atoms with Crippen LogP contribution in [0.1, 0.15) is 17.0 Å². The van der Waals surface area contributed by atoms with Crippen LogP contribution in [0.5, 0.6) is 5.75 Å². The van der Waals surface area contributed by atoms with Gasteiger partial charge in [-0.3, -0.25) is 29.9 Å². The molecule has 9 nitrogen and oxygen atoms in total. The van der Waals surface area contributed by atoms with Crippen LogP contribution in [0.25, 0.3) is 11.8 Å². The number of aromatic nitrogens is 1. The predicted octanol–water partition coefficient (Wildman–Crippen LogP) is 3.98. The summed E-state index contributed by atoms with van der Waals surface area (Å²) in [6, 6.07) is 11.3. The second-order valence-electron chi connectivity index (χ2n) is 7.71. The third-order valence-electron chi connectivity index (χ3n) is 5.55. The maximum absolute atomic E-state index is 13.8. The van der Waals surface area contributed by atoms with Crippen LogP contribution in [-0.2, 0) is 9.59 Å². The van der Waals surface area contributed by atoms with Gasteiger partial charge in [0, 0.05) is 23.5 Å². The van der Waals surface area contributed by atoms with E-state index < -0.39 is 22.6 Å². The van der Waals surface area contributed by atoms with Gasteiger partial charge < -0.3 is 9.30 Å².